The van der Waals surface area contributed by atoms with Crippen LogP contribution in [0.2, 0.25) is 0 Å². The van der Waals surface area contributed by atoms with Crippen LogP contribution in [0.15, 0.2) is 23.1 Å². The SMILES string of the molecule is COC(=O)c1c(N)c(C#N)cn1-c1cc2[nH]c(=O)[nH]c2cc1OC. The monoisotopic (exact) mass is 327 g/mol. The lowest BCUT2D eigenvalue weighted by Crippen LogP contribution is -2.11. The topological polar surface area (TPSA) is 139 Å². The van der Waals surface area contributed by atoms with E-state index in [2.05, 4.69) is 9.97 Å². The van der Waals surface area contributed by atoms with Crippen LogP contribution < -0.4 is 16.2 Å². The predicted molar refractivity (Wildman–Crippen MR) is 85.3 cm³/mol. The number of aromatic amines is 2. The molecule has 0 saturated heterocycles. The van der Waals surface area contributed by atoms with E-state index < -0.39 is 5.97 Å². The van der Waals surface area contributed by atoms with Gasteiger partial charge in [-0.2, -0.15) is 5.26 Å². The number of carbonyl (C=O) groups excluding carboxylic acids is 1. The number of benzene rings is 1. The molecule has 0 atom stereocenters. The summed E-state index contributed by atoms with van der Waals surface area (Å²) in [5.74, 6) is -0.318. The second-order valence-electron chi connectivity index (χ2n) is 4.93. The Morgan fingerprint density at radius 3 is 2.54 bits per heavy atom. The van der Waals surface area contributed by atoms with E-state index in [4.69, 9.17) is 15.2 Å². The third-order valence-corrected chi connectivity index (χ3v) is 3.62. The molecule has 9 heteroatoms. The van der Waals surface area contributed by atoms with E-state index in [1.165, 1.54) is 25.0 Å². The second kappa shape index (κ2) is 5.51. The summed E-state index contributed by atoms with van der Waals surface area (Å²) in [4.78, 5) is 28.8. The number of hydrogen-bond acceptors (Lipinski definition) is 6. The molecule has 0 amide bonds. The number of methoxy groups -OCH3 is 2. The number of nitriles is 1. The van der Waals surface area contributed by atoms with E-state index >= 15 is 0 Å². The van der Waals surface area contributed by atoms with Crippen LogP contribution in [0.1, 0.15) is 16.1 Å². The molecule has 0 unspecified atom stereocenters. The summed E-state index contributed by atoms with van der Waals surface area (Å²) in [5, 5.41) is 9.18. The van der Waals surface area contributed by atoms with Gasteiger partial charge in [0.15, 0.2) is 5.69 Å². The number of aromatic nitrogens is 3. The molecule has 9 nitrogen and oxygen atoms in total. The number of anilines is 1. The molecule has 0 radical (unpaired) electrons. The third-order valence-electron chi connectivity index (χ3n) is 3.62. The summed E-state index contributed by atoms with van der Waals surface area (Å²) in [7, 11) is 2.67. The lowest BCUT2D eigenvalue weighted by Gasteiger charge is -2.12. The number of rotatable bonds is 3. The Kier molecular flexibility index (Phi) is 3.50. The highest BCUT2D eigenvalue weighted by molar-refractivity contribution is 5.96. The first-order chi connectivity index (χ1) is 11.5. The van der Waals surface area contributed by atoms with Crippen LogP contribution in [0.25, 0.3) is 16.7 Å². The van der Waals surface area contributed by atoms with Crippen molar-refractivity contribution < 1.29 is 14.3 Å². The molecule has 122 valence electrons. The van der Waals surface area contributed by atoms with Crippen LogP contribution in [-0.4, -0.2) is 34.7 Å². The van der Waals surface area contributed by atoms with E-state index in [0.717, 1.165) is 0 Å². The van der Waals surface area contributed by atoms with E-state index in [1.807, 2.05) is 6.07 Å². The van der Waals surface area contributed by atoms with Crippen molar-refractivity contribution in [3.8, 4) is 17.5 Å². The first-order valence-corrected chi connectivity index (χ1v) is 6.79. The number of fused-ring (bicyclic) bond motifs is 1. The Morgan fingerprint density at radius 1 is 1.29 bits per heavy atom. The summed E-state index contributed by atoms with van der Waals surface area (Å²) >= 11 is 0. The van der Waals surface area contributed by atoms with Crippen LogP contribution >= 0.6 is 0 Å². The van der Waals surface area contributed by atoms with Crippen molar-refractivity contribution in [2.75, 3.05) is 20.0 Å². The van der Waals surface area contributed by atoms with Gasteiger partial charge in [0.05, 0.1) is 42.2 Å². The first-order valence-electron chi connectivity index (χ1n) is 6.79. The number of nitrogens with one attached hydrogen (secondary N) is 2. The Hall–Kier alpha value is -3.67. The van der Waals surface area contributed by atoms with Gasteiger partial charge in [0.25, 0.3) is 0 Å². The molecule has 4 N–H and O–H groups in total. The van der Waals surface area contributed by atoms with E-state index in [-0.39, 0.29) is 22.6 Å². The molecular weight excluding hydrogens is 314 g/mol. The average Bonchev–Trinajstić information content (AvgIpc) is 3.10. The fraction of sp³-hybridized carbons (Fsp3) is 0.133. The van der Waals surface area contributed by atoms with Gasteiger partial charge in [0.1, 0.15) is 11.8 Å². The Labute approximate surface area is 135 Å². The van der Waals surface area contributed by atoms with Gasteiger partial charge in [0.2, 0.25) is 0 Å². The predicted octanol–water partition coefficient (Wildman–Crippen LogP) is 0.896. The minimum Gasteiger partial charge on any atom is -0.494 e. The van der Waals surface area contributed by atoms with Gasteiger partial charge in [-0.3, -0.25) is 0 Å². The zero-order valence-electron chi connectivity index (χ0n) is 12.8. The van der Waals surface area contributed by atoms with E-state index in [0.29, 0.717) is 22.5 Å². The zero-order chi connectivity index (χ0) is 17.4. The molecular formula is C15H13N5O4. The molecule has 3 aromatic rings. The molecule has 0 bridgehead atoms. The summed E-state index contributed by atoms with van der Waals surface area (Å²) < 4.78 is 11.5. The Balaban J connectivity index is 2.36. The van der Waals surface area contributed by atoms with Gasteiger partial charge in [-0.15, -0.1) is 0 Å². The molecule has 2 heterocycles. The number of esters is 1. The van der Waals surface area contributed by atoms with Crippen molar-refractivity contribution in [3.63, 3.8) is 0 Å². The normalized spacial score (nSPS) is 10.5. The minimum absolute atomic E-state index is 0.00424. The van der Waals surface area contributed by atoms with Crippen molar-refractivity contribution in [1.82, 2.24) is 14.5 Å². The second-order valence-corrected chi connectivity index (χ2v) is 4.93. The summed E-state index contributed by atoms with van der Waals surface area (Å²) in [6.45, 7) is 0. The van der Waals surface area contributed by atoms with Crippen molar-refractivity contribution in [2.45, 2.75) is 0 Å². The maximum atomic E-state index is 12.1. The molecule has 3 rings (SSSR count). The fourth-order valence-electron chi connectivity index (χ4n) is 2.51. The van der Waals surface area contributed by atoms with Gasteiger partial charge in [-0.05, 0) is 6.07 Å². The minimum atomic E-state index is -0.696. The van der Waals surface area contributed by atoms with Gasteiger partial charge >= 0.3 is 11.7 Å². The molecule has 0 spiro atoms. The van der Waals surface area contributed by atoms with Gasteiger partial charge < -0.3 is 29.7 Å². The number of H-pyrrole nitrogens is 2. The fourth-order valence-corrected chi connectivity index (χ4v) is 2.51. The van der Waals surface area contributed by atoms with Crippen molar-refractivity contribution in [3.05, 3.63) is 40.1 Å². The molecule has 0 aliphatic heterocycles. The third kappa shape index (κ3) is 2.17. The number of ether oxygens (including phenoxy) is 2. The Bertz CT molecular complexity index is 1050. The number of imidazole rings is 1. The molecule has 24 heavy (non-hydrogen) atoms. The smallest absolute Gasteiger partial charge is 0.357 e. The molecule has 0 fully saturated rings. The highest BCUT2D eigenvalue weighted by Crippen LogP contribution is 2.32. The summed E-state index contributed by atoms with van der Waals surface area (Å²) in [6.07, 6.45) is 1.41. The maximum Gasteiger partial charge on any atom is 0.357 e. The number of nitrogens with two attached hydrogens (primary N) is 1. The molecule has 0 aliphatic carbocycles. The van der Waals surface area contributed by atoms with Crippen LogP contribution in [0, 0.1) is 11.3 Å². The lowest BCUT2D eigenvalue weighted by molar-refractivity contribution is 0.0593. The van der Waals surface area contributed by atoms with Crippen LogP contribution in [0.5, 0.6) is 5.75 Å². The number of nitrogens with zero attached hydrogens (tertiary/aromatic N) is 2. The molecule has 0 aliphatic rings. The highest BCUT2D eigenvalue weighted by atomic mass is 16.5. The quantitative estimate of drug-likeness (QED) is 0.611. The largest absolute Gasteiger partial charge is 0.494 e. The van der Waals surface area contributed by atoms with Crippen molar-refractivity contribution >= 4 is 22.7 Å². The van der Waals surface area contributed by atoms with Crippen molar-refractivity contribution in [1.29, 1.82) is 5.26 Å². The van der Waals surface area contributed by atoms with Gasteiger partial charge in [-0.25, -0.2) is 9.59 Å². The lowest BCUT2D eigenvalue weighted by atomic mass is 10.2. The first kappa shape index (κ1) is 15.2. The summed E-state index contributed by atoms with van der Waals surface area (Å²) in [5.41, 5.74) is 7.13. The Morgan fingerprint density at radius 2 is 1.96 bits per heavy atom. The van der Waals surface area contributed by atoms with Crippen molar-refractivity contribution in [2.24, 2.45) is 0 Å². The number of nitrogen functional groups attached to an aromatic ring is 1. The maximum absolute atomic E-state index is 12.1. The zero-order valence-corrected chi connectivity index (χ0v) is 12.8. The van der Waals surface area contributed by atoms with Crippen LogP contribution in [-0.2, 0) is 4.74 Å². The van der Waals surface area contributed by atoms with E-state index in [1.54, 1.807) is 12.1 Å². The molecule has 1 aromatic carbocycles. The molecule has 2 aromatic heterocycles. The van der Waals surface area contributed by atoms with Crippen LogP contribution in [0.4, 0.5) is 5.69 Å². The van der Waals surface area contributed by atoms with E-state index in [9.17, 15) is 14.9 Å². The highest BCUT2D eigenvalue weighted by Gasteiger charge is 2.23. The van der Waals surface area contributed by atoms with Crippen LogP contribution in [0.3, 0.4) is 0 Å². The standard InChI is InChI=1S/C15H13N5O4/c1-23-11-4-9-8(18-15(22)19-9)3-10(11)20-6-7(5-16)12(17)13(20)14(21)24-2/h3-4,6H,17H2,1-2H3,(H2,18,19,22). The van der Waals surface area contributed by atoms with Gasteiger partial charge in [0, 0.05) is 12.3 Å². The number of hydrogen-bond donors (Lipinski definition) is 3. The summed E-state index contributed by atoms with van der Waals surface area (Å²) in [6, 6.07) is 5.14. The number of carbonyl (C=O) groups is 1. The molecule has 0 saturated carbocycles. The average molecular weight is 327 g/mol. The van der Waals surface area contributed by atoms with Gasteiger partial charge in [-0.1, -0.05) is 0 Å².